The number of nitrogens with one attached hydrogen (secondary N) is 4. The molecule has 1 saturated carbocycles. The van der Waals surface area contributed by atoms with E-state index >= 15 is 0 Å². The Morgan fingerprint density at radius 2 is 1.89 bits per heavy atom. The third-order valence-electron chi connectivity index (χ3n) is 6.46. The van der Waals surface area contributed by atoms with Crippen LogP contribution in [0.1, 0.15) is 43.1 Å². The number of aryl methyl sites for hydroxylation is 1. The van der Waals surface area contributed by atoms with Crippen LogP contribution in [0.4, 0.5) is 24.8 Å². The number of anilines is 2. The molecule has 2 amide bonds. The van der Waals surface area contributed by atoms with Gasteiger partial charge in [-0.15, -0.1) is 0 Å². The molecule has 38 heavy (non-hydrogen) atoms. The van der Waals surface area contributed by atoms with Gasteiger partial charge in [-0.2, -0.15) is 5.10 Å². The van der Waals surface area contributed by atoms with Crippen molar-refractivity contribution in [2.75, 3.05) is 10.6 Å². The highest BCUT2D eigenvalue weighted by atomic mass is 19.1. The van der Waals surface area contributed by atoms with Crippen molar-refractivity contribution in [2.24, 2.45) is 7.05 Å². The van der Waals surface area contributed by atoms with Crippen LogP contribution in [0.25, 0.3) is 22.3 Å². The fourth-order valence-electron chi connectivity index (χ4n) is 4.76. The third kappa shape index (κ3) is 5.17. The molecular weight excluding hydrogens is 501 g/mol. The minimum absolute atomic E-state index is 0.0372. The van der Waals surface area contributed by atoms with Gasteiger partial charge in [0.2, 0.25) is 5.91 Å². The van der Waals surface area contributed by atoms with Gasteiger partial charge in [-0.05, 0) is 31.7 Å². The van der Waals surface area contributed by atoms with Crippen LogP contribution >= 0.6 is 0 Å². The van der Waals surface area contributed by atoms with Crippen LogP contribution in [0.2, 0.25) is 0 Å². The van der Waals surface area contributed by atoms with E-state index in [9.17, 15) is 22.8 Å². The lowest BCUT2D eigenvalue weighted by molar-refractivity contribution is -0.114. The summed E-state index contributed by atoms with van der Waals surface area (Å²) in [6.45, 7) is 1.35. The molecule has 1 aliphatic carbocycles. The van der Waals surface area contributed by atoms with E-state index in [1.165, 1.54) is 29.9 Å². The number of aromatic amines is 1. The SMILES string of the molecule is CC(=O)Nc1cc(C(=O)N[C@@H]2CCC[C@H](Nc3nc(-c4c[nH]c5c(F)cc(F)cc45)ncc3F)C2)n(C)n1. The summed E-state index contributed by atoms with van der Waals surface area (Å²) in [6.07, 6.45) is 5.23. The Morgan fingerprint density at radius 3 is 2.68 bits per heavy atom. The molecule has 13 heteroatoms. The first kappa shape index (κ1) is 25.2. The zero-order chi connectivity index (χ0) is 27.0. The van der Waals surface area contributed by atoms with Crippen molar-refractivity contribution >= 4 is 34.4 Å². The number of H-pyrrole nitrogens is 1. The molecule has 3 heterocycles. The summed E-state index contributed by atoms with van der Waals surface area (Å²) in [5.41, 5.74) is 0.735. The Hall–Kier alpha value is -4.42. The number of halogens is 3. The number of fused-ring (bicyclic) bond motifs is 1. The average Bonchev–Trinajstić information content (AvgIpc) is 3.43. The van der Waals surface area contributed by atoms with Crippen LogP contribution in [0.15, 0.2) is 30.6 Å². The average molecular weight is 527 g/mol. The number of amides is 2. The zero-order valence-electron chi connectivity index (χ0n) is 20.6. The highest BCUT2D eigenvalue weighted by Gasteiger charge is 2.26. The molecular formula is C25H25F3N8O2. The number of hydrogen-bond donors (Lipinski definition) is 4. The molecule has 0 radical (unpaired) electrons. The van der Waals surface area contributed by atoms with E-state index in [0.29, 0.717) is 17.7 Å². The van der Waals surface area contributed by atoms with Gasteiger partial charge >= 0.3 is 0 Å². The lowest BCUT2D eigenvalue weighted by Crippen LogP contribution is -2.42. The van der Waals surface area contributed by atoms with Crippen LogP contribution in [0.3, 0.4) is 0 Å². The van der Waals surface area contributed by atoms with Gasteiger partial charge in [-0.3, -0.25) is 14.3 Å². The molecule has 0 saturated heterocycles. The largest absolute Gasteiger partial charge is 0.365 e. The highest BCUT2D eigenvalue weighted by Crippen LogP contribution is 2.30. The highest BCUT2D eigenvalue weighted by molar-refractivity contribution is 5.95. The quantitative estimate of drug-likeness (QED) is 0.302. The topological polar surface area (TPSA) is 130 Å². The molecule has 4 aromatic rings. The molecule has 2 atom stereocenters. The number of rotatable bonds is 6. The Bertz CT molecular complexity index is 1530. The molecule has 0 spiro atoms. The summed E-state index contributed by atoms with van der Waals surface area (Å²) in [7, 11) is 1.61. The normalized spacial score (nSPS) is 17.4. The van der Waals surface area contributed by atoms with E-state index in [2.05, 4.69) is 36.0 Å². The summed E-state index contributed by atoms with van der Waals surface area (Å²) < 4.78 is 44.0. The van der Waals surface area contributed by atoms with Gasteiger partial charge in [0.05, 0.1) is 11.7 Å². The second kappa shape index (κ2) is 10.1. The second-order valence-electron chi connectivity index (χ2n) is 9.30. The van der Waals surface area contributed by atoms with Gasteiger partial charge in [-0.25, -0.2) is 23.1 Å². The van der Waals surface area contributed by atoms with Crippen LogP contribution in [-0.4, -0.2) is 48.6 Å². The maximum absolute atomic E-state index is 14.6. The Balaban J connectivity index is 1.29. The lowest BCUT2D eigenvalue weighted by atomic mass is 9.91. The molecule has 5 rings (SSSR count). The summed E-state index contributed by atoms with van der Waals surface area (Å²) in [5.74, 6) is -2.44. The number of aromatic nitrogens is 5. The summed E-state index contributed by atoms with van der Waals surface area (Å²) in [5, 5.41) is 13.0. The van der Waals surface area contributed by atoms with Crippen LogP contribution < -0.4 is 16.0 Å². The van der Waals surface area contributed by atoms with Crippen molar-refractivity contribution in [3.05, 3.63) is 53.7 Å². The first-order chi connectivity index (χ1) is 18.2. The molecule has 1 aliphatic rings. The number of carbonyl (C=O) groups excluding carboxylic acids is 2. The molecule has 0 unspecified atom stereocenters. The number of hydrogen-bond acceptors (Lipinski definition) is 6. The van der Waals surface area contributed by atoms with Crippen molar-refractivity contribution in [3.8, 4) is 11.4 Å². The molecule has 0 aliphatic heterocycles. The summed E-state index contributed by atoms with van der Waals surface area (Å²) in [6, 6.07) is 3.06. The predicted octanol–water partition coefficient (Wildman–Crippen LogP) is 3.89. The van der Waals surface area contributed by atoms with E-state index in [0.717, 1.165) is 31.5 Å². The lowest BCUT2D eigenvalue weighted by Gasteiger charge is -2.30. The van der Waals surface area contributed by atoms with Gasteiger partial charge in [0, 0.05) is 55.3 Å². The van der Waals surface area contributed by atoms with E-state index in [1.807, 2.05) is 0 Å². The maximum Gasteiger partial charge on any atom is 0.269 e. The molecule has 1 fully saturated rings. The fraction of sp³-hybridized carbons (Fsp3) is 0.320. The van der Waals surface area contributed by atoms with Crippen LogP contribution in [0.5, 0.6) is 0 Å². The van der Waals surface area contributed by atoms with Gasteiger partial charge in [0.1, 0.15) is 17.3 Å². The van der Waals surface area contributed by atoms with E-state index in [-0.39, 0.29) is 52.3 Å². The van der Waals surface area contributed by atoms with Crippen LogP contribution in [-0.2, 0) is 11.8 Å². The molecule has 1 aromatic carbocycles. The van der Waals surface area contributed by atoms with Gasteiger partial charge < -0.3 is 20.9 Å². The number of carbonyl (C=O) groups is 2. The molecule has 3 aromatic heterocycles. The fourth-order valence-corrected chi connectivity index (χ4v) is 4.76. The van der Waals surface area contributed by atoms with Gasteiger partial charge in [0.25, 0.3) is 5.91 Å². The molecule has 198 valence electrons. The molecule has 4 N–H and O–H groups in total. The monoisotopic (exact) mass is 526 g/mol. The Morgan fingerprint density at radius 1 is 1.11 bits per heavy atom. The maximum atomic E-state index is 14.6. The molecule has 10 nitrogen and oxygen atoms in total. The summed E-state index contributed by atoms with van der Waals surface area (Å²) in [4.78, 5) is 35.2. The van der Waals surface area contributed by atoms with E-state index in [4.69, 9.17) is 0 Å². The second-order valence-corrected chi connectivity index (χ2v) is 9.30. The first-order valence-corrected chi connectivity index (χ1v) is 12.1. The zero-order valence-corrected chi connectivity index (χ0v) is 20.6. The third-order valence-corrected chi connectivity index (χ3v) is 6.46. The van der Waals surface area contributed by atoms with E-state index < -0.39 is 17.5 Å². The van der Waals surface area contributed by atoms with E-state index in [1.54, 1.807) is 7.05 Å². The van der Waals surface area contributed by atoms with Crippen molar-refractivity contribution in [3.63, 3.8) is 0 Å². The van der Waals surface area contributed by atoms with Gasteiger partial charge in [-0.1, -0.05) is 0 Å². The van der Waals surface area contributed by atoms with Crippen molar-refractivity contribution < 1.29 is 22.8 Å². The van der Waals surface area contributed by atoms with Crippen molar-refractivity contribution in [2.45, 2.75) is 44.7 Å². The predicted molar refractivity (Wildman–Crippen MR) is 134 cm³/mol. The Labute approximate surface area is 215 Å². The first-order valence-electron chi connectivity index (χ1n) is 12.1. The number of benzene rings is 1. The smallest absolute Gasteiger partial charge is 0.269 e. The Kier molecular flexibility index (Phi) is 6.74. The van der Waals surface area contributed by atoms with Crippen LogP contribution in [0, 0.1) is 17.5 Å². The molecule has 0 bridgehead atoms. The minimum Gasteiger partial charge on any atom is -0.365 e. The minimum atomic E-state index is -0.750. The van der Waals surface area contributed by atoms with Crippen molar-refractivity contribution in [1.82, 2.24) is 30.0 Å². The standard InChI is InChI=1S/C25H25F3N8O2/c1-12(37)31-21-9-20(36(2)35-21)25(38)33-15-5-3-4-14(8-15)32-24-19(28)11-30-23(34-24)17-10-29-22-16(17)6-13(26)7-18(22)27/h6-7,9-11,14-15,29H,3-5,8H2,1-2H3,(H,33,38)(H,30,32,34)(H,31,35,37)/t14-,15+/m0/s1. The summed E-state index contributed by atoms with van der Waals surface area (Å²) >= 11 is 0. The van der Waals surface area contributed by atoms with Crippen molar-refractivity contribution in [1.29, 1.82) is 0 Å². The number of nitrogens with zero attached hydrogens (tertiary/aromatic N) is 4. The van der Waals surface area contributed by atoms with Gasteiger partial charge in [0.15, 0.2) is 23.3 Å².